The van der Waals surface area contributed by atoms with Crippen LogP contribution in [0.5, 0.6) is 0 Å². The summed E-state index contributed by atoms with van der Waals surface area (Å²) in [6.45, 7) is 4.22. The van der Waals surface area contributed by atoms with Crippen LogP contribution in [0.25, 0.3) is 11.3 Å². The van der Waals surface area contributed by atoms with Gasteiger partial charge in [-0.25, -0.2) is 14.6 Å². The highest BCUT2D eigenvalue weighted by Gasteiger charge is 2.21. The van der Waals surface area contributed by atoms with Gasteiger partial charge in [-0.1, -0.05) is 43.1 Å². The largest absolute Gasteiger partial charge is 0.480 e. The first-order valence-corrected chi connectivity index (χ1v) is 10.2. The number of halogens is 2. The predicted molar refractivity (Wildman–Crippen MR) is 114 cm³/mol. The standard InChI is InChI=1S/C18H22Cl2N4O3S/c1-9(2)6-14-15(10-4-5-11(19)12(20)7-10)24-18(28-14)22-8-13(16(25)26)23-17(27)21-3/h4-5,7,9,13H,6,8H2,1-3H3,(H,22,24)(H,25,26)(H2,21,23,27). The summed E-state index contributed by atoms with van der Waals surface area (Å²) >= 11 is 13.6. The topological polar surface area (TPSA) is 103 Å². The number of rotatable bonds is 8. The first kappa shape index (κ1) is 22.3. The van der Waals surface area contributed by atoms with Crippen molar-refractivity contribution in [2.45, 2.75) is 26.3 Å². The van der Waals surface area contributed by atoms with E-state index in [1.165, 1.54) is 18.4 Å². The molecule has 28 heavy (non-hydrogen) atoms. The second-order valence-electron chi connectivity index (χ2n) is 6.51. The monoisotopic (exact) mass is 444 g/mol. The molecule has 0 saturated heterocycles. The number of aromatic nitrogens is 1. The normalized spacial score (nSPS) is 11.9. The molecule has 0 aliphatic heterocycles. The Morgan fingerprint density at radius 2 is 1.96 bits per heavy atom. The highest BCUT2D eigenvalue weighted by molar-refractivity contribution is 7.16. The van der Waals surface area contributed by atoms with Gasteiger partial charge in [0.25, 0.3) is 0 Å². The van der Waals surface area contributed by atoms with Gasteiger partial charge in [0.05, 0.1) is 15.7 Å². The molecule has 0 aliphatic rings. The van der Waals surface area contributed by atoms with Crippen molar-refractivity contribution in [3.63, 3.8) is 0 Å². The van der Waals surface area contributed by atoms with Gasteiger partial charge in [0.1, 0.15) is 6.04 Å². The third-order valence-electron chi connectivity index (χ3n) is 3.77. The Morgan fingerprint density at radius 1 is 1.25 bits per heavy atom. The van der Waals surface area contributed by atoms with Crippen molar-refractivity contribution in [3.05, 3.63) is 33.1 Å². The Bertz CT molecular complexity index is 857. The zero-order valence-electron chi connectivity index (χ0n) is 15.7. The van der Waals surface area contributed by atoms with E-state index in [1.54, 1.807) is 12.1 Å². The fourth-order valence-electron chi connectivity index (χ4n) is 2.43. The Kier molecular flexibility index (Phi) is 7.91. The van der Waals surface area contributed by atoms with Crippen LogP contribution >= 0.6 is 34.5 Å². The second-order valence-corrected chi connectivity index (χ2v) is 8.41. The van der Waals surface area contributed by atoms with Crippen molar-refractivity contribution in [1.29, 1.82) is 0 Å². The number of carbonyl (C=O) groups excluding carboxylic acids is 1. The van der Waals surface area contributed by atoms with Gasteiger partial charge in [-0.3, -0.25) is 0 Å². The summed E-state index contributed by atoms with van der Waals surface area (Å²) in [5.41, 5.74) is 1.62. The molecule has 10 heteroatoms. The molecule has 0 spiro atoms. The molecule has 2 aromatic rings. The molecule has 0 fully saturated rings. The molecule has 1 unspecified atom stereocenters. The van der Waals surface area contributed by atoms with E-state index in [9.17, 15) is 14.7 Å². The average molecular weight is 445 g/mol. The molecule has 1 aromatic carbocycles. The number of hydrogen-bond acceptors (Lipinski definition) is 5. The number of nitrogens with zero attached hydrogens (tertiary/aromatic N) is 1. The molecule has 0 aliphatic carbocycles. The second kappa shape index (κ2) is 9.95. The maximum absolute atomic E-state index is 11.4. The Hall–Kier alpha value is -2.03. The number of carboxylic acids is 1. The van der Waals surface area contributed by atoms with Crippen molar-refractivity contribution in [2.75, 3.05) is 18.9 Å². The van der Waals surface area contributed by atoms with Crippen LogP contribution in [0.15, 0.2) is 18.2 Å². The molecule has 0 saturated carbocycles. The van der Waals surface area contributed by atoms with Gasteiger partial charge in [-0.2, -0.15) is 0 Å². The minimum atomic E-state index is -1.14. The molecule has 152 valence electrons. The van der Waals surface area contributed by atoms with Crippen LogP contribution in [0.4, 0.5) is 9.93 Å². The lowest BCUT2D eigenvalue weighted by molar-refractivity contribution is -0.138. The van der Waals surface area contributed by atoms with Gasteiger partial charge in [0.2, 0.25) is 0 Å². The Balaban J connectivity index is 2.25. The highest BCUT2D eigenvalue weighted by Crippen LogP contribution is 2.35. The summed E-state index contributed by atoms with van der Waals surface area (Å²) in [5.74, 6) is -0.726. The van der Waals surface area contributed by atoms with Crippen LogP contribution in [0.2, 0.25) is 10.0 Å². The van der Waals surface area contributed by atoms with Gasteiger partial charge in [0, 0.05) is 24.0 Å². The van der Waals surface area contributed by atoms with Gasteiger partial charge < -0.3 is 21.1 Å². The number of aliphatic carboxylic acids is 1. The Labute approximate surface area is 177 Å². The highest BCUT2D eigenvalue weighted by atomic mass is 35.5. The SMILES string of the molecule is CNC(=O)NC(CNc1nc(-c2ccc(Cl)c(Cl)c2)c(CC(C)C)s1)C(=O)O. The number of benzene rings is 1. The number of thiazole rings is 1. The van der Waals surface area contributed by atoms with Crippen molar-refractivity contribution in [3.8, 4) is 11.3 Å². The quantitative estimate of drug-likeness (QED) is 0.490. The smallest absolute Gasteiger partial charge is 0.328 e. The van der Waals surface area contributed by atoms with Crippen molar-refractivity contribution in [1.82, 2.24) is 15.6 Å². The lowest BCUT2D eigenvalue weighted by Gasteiger charge is -2.14. The number of anilines is 1. The molecule has 2 rings (SSSR count). The number of carbonyl (C=O) groups is 2. The molecule has 0 bridgehead atoms. The summed E-state index contributed by atoms with van der Waals surface area (Å²) < 4.78 is 0. The van der Waals surface area contributed by atoms with Crippen LogP contribution < -0.4 is 16.0 Å². The lowest BCUT2D eigenvalue weighted by Crippen LogP contribution is -2.48. The van der Waals surface area contributed by atoms with E-state index in [-0.39, 0.29) is 6.54 Å². The first-order valence-electron chi connectivity index (χ1n) is 8.61. The van der Waals surface area contributed by atoms with Crippen LogP contribution in [0, 0.1) is 5.92 Å². The van der Waals surface area contributed by atoms with E-state index in [4.69, 9.17) is 23.2 Å². The fraction of sp³-hybridized carbons (Fsp3) is 0.389. The van der Waals surface area contributed by atoms with E-state index >= 15 is 0 Å². The molecule has 7 nitrogen and oxygen atoms in total. The molecule has 2 amide bonds. The molecule has 1 atom stereocenters. The molecule has 4 N–H and O–H groups in total. The zero-order chi connectivity index (χ0) is 20.8. The number of nitrogens with one attached hydrogen (secondary N) is 3. The van der Waals surface area contributed by atoms with E-state index in [0.717, 1.165) is 22.6 Å². The van der Waals surface area contributed by atoms with Crippen LogP contribution in [0.1, 0.15) is 18.7 Å². The van der Waals surface area contributed by atoms with Crippen LogP contribution in [-0.2, 0) is 11.2 Å². The van der Waals surface area contributed by atoms with Crippen LogP contribution in [0.3, 0.4) is 0 Å². The number of amides is 2. The molecule has 1 aromatic heterocycles. The van der Waals surface area contributed by atoms with Gasteiger partial charge in [0.15, 0.2) is 5.13 Å². The third-order valence-corrected chi connectivity index (χ3v) is 5.55. The summed E-state index contributed by atoms with van der Waals surface area (Å²) in [5, 5.41) is 18.5. The van der Waals surface area contributed by atoms with Gasteiger partial charge in [-0.15, -0.1) is 11.3 Å². The van der Waals surface area contributed by atoms with Crippen molar-refractivity contribution < 1.29 is 14.7 Å². The minimum absolute atomic E-state index is 0.00179. The molecular formula is C18H22Cl2N4O3S. The molecular weight excluding hydrogens is 423 g/mol. The maximum Gasteiger partial charge on any atom is 0.328 e. The summed E-state index contributed by atoms with van der Waals surface area (Å²) in [4.78, 5) is 28.4. The predicted octanol–water partition coefficient (Wildman–Crippen LogP) is 4.11. The number of hydrogen-bond donors (Lipinski definition) is 4. The Morgan fingerprint density at radius 3 is 2.54 bits per heavy atom. The van der Waals surface area contributed by atoms with E-state index in [0.29, 0.717) is 21.1 Å². The minimum Gasteiger partial charge on any atom is -0.480 e. The van der Waals surface area contributed by atoms with E-state index < -0.39 is 18.0 Å². The average Bonchev–Trinajstić information content (AvgIpc) is 3.02. The number of carboxylic acid groups (broad SMARTS) is 1. The summed E-state index contributed by atoms with van der Waals surface area (Å²) in [7, 11) is 1.42. The molecule has 0 radical (unpaired) electrons. The molecule has 1 heterocycles. The van der Waals surface area contributed by atoms with Crippen LogP contribution in [-0.4, -0.2) is 41.7 Å². The summed E-state index contributed by atoms with van der Waals surface area (Å²) in [6, 6.07) is 3.68. The number of urea groups is 1. The van der Waals surface area contributed by atoms with Crippen molar-refractivity contribution in [2.24, 2.45) is 5.92 Å². The maximum atomic E-state index is 11.4. The first-order chi connectivity index (χ1) is 13.2. The van der Waals surface area contributed by atoms with E-state index in [2.05, 4.69) is 34.8 Å². The van der Waals surface area contributed by atoms with E-state index in [1.807, 2.05) is 6.07 Å². The zero-order valence-corrected chi connectivity index (χ0v) is 18.0. The van der Waals surface area contributed by atoms with Gasteiger partial charge >= 0.3 is 12.0 Å². The fourth-order valence-corrected chi connectivity index (χ4v) is 3.93. The summed E-state index contributed by atoms with van der Waals surface area (Å²) in [6.07, 6.45) is 0.813. The third kappa shape index (κ3) is 5.98. The van der Waals surface area contributed by atoms with Gasteiger partial charge in [-0.05, 0) is 24.5 Å². The lowest BCUT2D eigenvalue weighted by atomic mass is 10.0. The van der Waals surface area contributed by atoms with Crippen molar-refractivity contribution >= 4 is 51.7 Å².